The van der Waals surface area contributed by atoms with Crippen molar-refractivity contribution in [1.29, 1.82) is 0 Å². The Labute approximate surface area is 140 Å². The van der Waals surface area contributed by atoms with E-state index >= 15 is 0 Å². The quantitative estimate of drug-likeness (QED) is 0.618. The zero-order valence-electron chi connectivity index (χ0n) is 14.9. The molecule has 0 radical (unpaired) electrons. The first-order valence-electron chi connectivity index (χ1n) is 9.05. The van der Waals surface area contributed by atoms with Crippen molar-refractivity contribution >= 4 is 11.6 Å². The molecule has 2 nitrogen and oxygen atoms in total. The SMILES string of the molecule is CCC#C[C@]12CCC(=O)C=C1[C@@]1(C)CCC(=O)C(C)(C)C1CC2. The standard InChI is InChI=1S/C21H28O2/c1-5-6-10-21-12-7-15(22)14-17(21)20(4)11-9-18(23)19(2,3)16(20)8-13-21/h14,16H,5,7-9,11-13H2,1-4H3/t16?,20-,21+/m0/s1. The molecule has 2 fully saturated rings. The molecule has 0 N–H and O–H groups in total. The maximum atomic E-state index is 12.5. The van der Waals surface area contributed by atoms with Gasteiger partial charge in [0.05, 0.1) is 5.41 Å². The number of fused-ring (bicyclic) bond motifs is 3. The Balaban J connectivity index is 2.13. The number of allylic oxidation sites excluding steroid dienone is 2. The van der Waals surface area contributed by atoms with Crippen LogP contribution in [-0.2, 0) is 9.59 Å². The minimum absolute atomic E-state index is 0.0613. The highest BCUT2D eigenvalue weighted by atomic mass is 16.1. The fourth-order valence-electron chi connectivity index (χ4n) is 5.52. The molecular weight excluding hydrogens is 284 g/mol. The molecule has 0 saturated heterocycles. The van der Waals surface area contributed by atoms with Crippen LogP contribution in [0.15, 0.2) is 11.6 Å². The van der Waals surface area contributed by atoms with E-state index in [9.17, 15) is 9.59 Å². The van der Waals surface area contributed by atoms with E-state index in [0.29, 0.717) is 24.5 Å². The first kappa shape index (κ1) is 16.5. The molecule has 1 unspecified atom stereocenters. The van der Waals surface area contributed by atoms with Crippen LogP contribution in [0.5, 0.6) is 0 Å². The van der Waals surface area contributed by atoms with Crippen molar-refractivity contribution in [2.45, 2.75) is 72.6 Å². The molecule has 0 spiro atoms. The summed E-state index contributed by atoms with van der Waals surface area (Å²) in [5.41, 5.74) is 0.775. The summed E-state index contributed by atoms with van der Waals surface area (Å²) in [7, 11) is 0. The minimum atomic E-state index is -0.293. The van der Waals surface area contributed by atoms with Gasteiger partial charge in [-0.2, -0.15) is 0 Å². The normalized spacial score (nSPS) is 38.8. The van der Waals surface area contributed by atoms with Crippen molar-refractivity contribution in [3.05, 3.63) is 11.6 Å². The summed E-state index contributed by atoms with van der Waals surface area (Å²) in [4.78, 5) is 24.7. The van der Waals surface area contributed by atoms with E-state index in [0.717, 1.165) is 32.1 Å². The Kier molecular flexibility index (Phi) is 3.82. The van der Waals surface area contributed by atoms with Crippen molar-refractivity contribution in [2.75, 3.05) is 0 Å². The summed E-state index contributed by atoms with van der Waals surface area (Å²) in [6.07, 6.45) is 7.78. The van der Waals surface area contributed by atoms with Crippen LogP contribution in [0.4, 0.5) is 0 Å². The van der Waals surface area contributed by atoms with Gasteiger partial charge in [0.1, 0.15) is 5.78 Å². The lowest BCUT2D eigenvalue weighted by Gasteiger charge is -2.59. The number of ketones is 2. The lowest BCUT2D eigenvalue weighted by atomic mass is 9.44. The molecule has 0 aromatic heterocycles. The van der Waals surface area contributed by atoms with Crippen LogP contribution in [0.25, 0.3) is 0 Å². The average Bonchev–Trinajstić information content (AvgIpc) is 2.51. The maximum Gasteiger partial charge on any atom is 0.155 e. The molecular formula is C21H28O2. The highest BCUT2D eigenvalue weighted by Crippen LogP contribution is 2.64. The van der Waals surface area contributed by atoms with Crippen molar-refractivity contribution in [3.63, 3.8) is 0 Å². The number of carbonyl (C=O) groups is 2. The monoisotopic (exact) mass is 312 g/mol. The predicted molar refractivity (Wildman–Crippen MR) is 91.7 cm³/mol. The summed E-state index contributed by atoms with van der Waals surface area (Å²) in [5.74, 6) is 7.79. The summed E-state index contributed by atoms with van der Waals surface area (Å²) in [6.45, 7) is 8.58. The highest BCUT2D eigenvalue weighted by Gasteiger charge is 2.59. The Bertz CT molecular complexity index is 642. The lowest BCUT2D eigenvalue weighted by molar-refractivity contribution is -0.141. The number of rotatable bonds is 0. The van der Waals surface area contributed by atoms with Gasteiger partial charge >= 0.3 is 0 Å². The average molecular weight is 312 g/mol. The molecule has 2 saturated carbocycles. The Morgan fingerprint density at radius 1 is 1.13 bits per heavy atom. The third-order valence-corrected chi connectivity index (χ3v) is 6.83. The molecule has 0 aliphatic heterocycles. The van der Waals surface area contributed by atoms with Gasteiger partial charge in [0.2, 0.25) is 0 Å². The van der Waals surface area contributed by atoms with E-state index in [2.05, 4.69) is 39.5 Å². The Morgan fingerprint density at radius 3 is 2.57 bits per heavy atom. The van der Waals surface area contributed by atoms with Crippen LogP contribution in [0.3, 0.4) is 0 Å². The highest BCUT2D eigenvalue weighted by molar-refractivity contribution is 5.93. The first-order chi connectivity index (χ1) is 10.8. The fraction of sp³-hybridized carbons (Fsp3) is 0.714. The van der Waals surface area contributed by atoms with Gasteiger partial charge in [-0.1, -0.05) is 33.6 Å². The molecule has 0 heterocycles. The van der Waals surface area contributed by atoms with Crippen molar-refractivity contribution in [3.8, 4) is 11.8 Å². The van der Waals surface area contributed by atoms with Gasteiger partial charge in [-0.05, 0) is 48.7 Å². The zero-order chi connectivity index (χ0) is 16.9. The van der Waals surface area contributed by atoms with Crippen LogP contribution in [-0.4, -0.2) is 11.6 Å². The van der Waals surface area contributed by atoms with Gasteiger partial charge in [-0.15, -0.1) is 5.92 Å². The summed E-state index contributed by atoms with van der Waals surface area (Å²) < 4.78 is 0. The lowest BCUT2D eigenvalue weighted by Crippen LogP contribution is -2.54. The van der Waals surface area contributed by atoms with E-state index in [4.69, 9.17) is 0 Å². The largest absolute Gasteiger partial charge is 0.299 e. The molecule has 124 valence electrons. The summed E-state index contributed by atoms with van der Waals surface area (Å²) in [5, 5.41) is 0. The number of hydrogen-bond donors (Lipinski definition) is 0. The molecule has 2 heteroatoms. The van der Waals surface area contributed by atoms with E-state index in [1.165, 1.54) is 5.57 Å². The van der Waals surface area contributed by atoms with Crippen LogP contribution in [0, 0.1) is 34.0 Å². The van der Waals surface area contributed by atoms with E-state index in [-0.39, 0.29) is 22.0 Å². The second-order valence-corrected chi connectivity index (χ2v) is 8.42. The van der Waals surface area contributed by atoms with Crippen LogP contribution >= 0.6 is 0 Å². The van der Waals surface area contributed by atoms with E-state index < -0.39 is 0 Å². The van der Waals surface area contributed by atoms with Crippen molar-refractivity contribution < 1.29 is 9.59 Å². The minimum Gasteiger partial charge on any atom is -0.299 e. The van der Waals surface area contributed by atoms with Crippen LogP contribution in [0.2, 0.25) is 0 Å². The summed E-state index contributed by atoms with van der Waals surface area (Å²) >= 11 is 0. The van der Waals surface area contributed by atoms with Gasteiger partial charge in [-0.3, -0.25) is 9.59 Å². The third-order valence-electron chi connectivity index (χ3n) is 6.83. The van der Waals surface area contributed by atoms with Crippen molar-refractivity contribution in [1.82, 2.24) is 0 Å². The van der Waals surface area contributed by atoms with Crippen molar-refractivity contribution in [2.24, 2.45) is 22.2 Å². The van der Waals surface area contributed by atoms with E-state index in [1.807, 2.05) is 6.08 Å². The molecule has 3 atom stereocenters. The molecule has 3 aliphatic rings. The second kappa shape index (κ2) is 5.33. The first-order valence-corrected chi connectivity index (χ1v) is 9.05. The van der Waals surface area contributed by atoms with Gasteiger partial charge in [0.15, 0.2) is 5.78 Å². The smallest absolute Gasteiger partial charge is 0.155 e. The zero-order valence-corrected chi connectivity index (χ0v) is 14.9. The van der Waals surface area contributed by atoms with Gasteiger partial charge in [0, 0.05) is 24.7 Å². The second-order valence-electron chi connectivity index (χ2n) is 8.42. The Hall–Kier alpha value is -1.36. The molecule has 0 aromatic rings. The number of carbonyl (C=O) groups excluding carboxylic acids is 2. The molecule has 0 amide bonds. The predicted octanol–water partition coefficient (Wildman–Crippen LogP) is 4.48. The summed E-state index contributed by atoms with van der Waals surface area (Å²) in [6, 6.07) is 0. The molecule has 23 heavy (non-hydrogen) atoms. The third kappa shape index (κ3) is 2.32. The van der Waals surface area contributed by atoms with Crippen LogP contribution < -0.4 is 0 Å². The fourth-order valence-corrected chi connectivity index (χ4v) is 5.52. The molecule has 0 bridgehead atoms. The van der Waals surface area contributed by atoms with Crippen LogP contribution in [0.1, 0.15) is 72.6 Å². The van der Waals surface area contributed by atoms with Gasteiger partial charge in [-0.25, -0.2) is 0 Å². The molecule has 3 aliphatic carbocycles. The topological polar surface area (TPSA) is 34.1 Å². The molecule has 0 aromatic carbocycles. The van der Waals surface area contributed by atoms with Gasteiger partial charge in [0.25, 0.3) is 0 Å². The number of hydrogen-bond acceptors (Lipinski definition) is 2. The Morgan fingerprint density at radius 2 is 1.87 bits per heavy atom. The maximum absolute atomic E-state index is 12.5. The van der Waals surface area contributed by atoms with Gasteiger partial charge < -0.3 is 0 Å². The number of Topliss-reactive ketones (excluding diaryl/α,β-unsaturated/α-hetero) is 1. The molecule has 3 rings (SSSR count). The van der Waals surface area contributed by atoms with E-state index in [1.54, 1.807) is 0 Å².